The molecule has 1 rings (SSSR count). The predicted molar refractivity (Wildman–Crippen MR) is 48.4 cm³/mol. The topological polar surface area (TPSA) is 69.6 Å². The summed E-state index contributed by atoms with van der Waals surface area (Å²) in [5, 5.41) is 20.9. The molecule has 1 saturated heterocycles. The van der Waals surface area contributed by atoms with Crippen molar-refractivity contribution < 1.29 is 15.0 Å². The number of aliphatic hydroxyl groups is 1. The Balaban J connectivity index is 2.46. The molecule has 0 bridgehead atoms. The van der Waals surface area contributed by atoms with E-state index in [1.807, 2.05) is 0 Å². The molecule has 0 spiro atoms. The highest BCUT2D eigenvalue weighted by atomic mass is 16.4. The smallest absolute Gasteiger partial charge is 0.334 e. The van der Waals surface area contributed by atoms with E-state index in [4.69, 9.17) is 5.11 Å². The van der Waals surface area contributed by atoms with Crippen LogP contribution in [-0.2, 0) is 4.79 Å². The number of hydrogen-bond donors (Lipinski definition) is 3. The SMILES string of the molecule is CCC1CCNC(C(O)C(=O)O)C1. The van der Waals surface area contributed by atoms with Gasteiger partial charge in [-0.05, 0) is 25.3 Å². The van der Waals surface area contributed by atoms with Gasteiger partial charge in [0.2, 0.25) is 0 Å². The standard InChI is InChI=1S/C9H17NO3/c1-2-6-3-4-10-7(5-6)8(11)9(12)13/h6-8,10-11H,2-5H2,1H3,(H,12,13). The number of aliphatic carboxylic acids is 1. The minimum atomic E-state index is -1.26. The second kappa shape index (κ2) is 4.58. The molecule has 0 aromatic carbocycles. The van der Waals surface area contributed by atoms with Gasteiger partial charge in [0.05, 0.1) is 0 Å². The highest BCUT2D eigenvalue weighted by molar-refractivity contribution is 5.72. The van der Waals surface area contributed by atoms with Gasteiger partial charge < -0.3 is 15.5 Å². The van der Waals surface area contributed by atoms with Crippen LogP contribution < -0.4 is 5.32 Å². The van der Waals surface area contributed by atoms with Crippen LogP contribution in [0.5, 0.6) is 0 Å². The molecule has 76 valence electrons. The van der Waals surface area contributed by atoms with Crippen molar-refractivity contribution in [3.8, 4) is 0 Å². The van der Waals surface area contributed by atoms with Crippen molar-refractivity contribution in [2.24, 2.45) is 5.92 Å². The van der Waals surface area contributed by atoms with Crippen LogP contribution in [0, 0.1) is 5.92 Å². The number of piperidine rings is 1. The molecule has 4 heteroatoms. The highest BCUT2D eigenvalue weighted by Crippen LogP contribution is 2.20. The molecule has 3 unspecified atom stereocenters. The van der Waals surface area contributed by atoms with Crippen LogP contribution in [0.1, 0.15) is 26.2 Å². The van der Waals surface area contributed by atoms with E-state index in [1.54, 1.807) is 0 Å². The van der Waals surface area contributed by atoms with Gasteiger partial charge in [-0.3, -0.25) is 0 Å². The van der Waals surface area contributed by atoms with E-state index in [-0.39, 0.29) is 6.04 Å². The first-order valence-electron chi connectivity index (χ1n) is 4.79. The lowest BCUT2D eigenvalue weighted by Gasteiger charge is -2.31. The van der Waals surface area contributed by atoms with Crippen LogP contribution in [-0.4, -0.2) is 34.9 Å². The van der Waals surface area contributed by atoms with E-state index in [2.05, 4.69) is 12.2 Å². The van der Waals surface area contributed by atoms with Gasteiger partial charge >= 0.3 is 5.97 Å². The molecule has 3 N–H and O–H groups in total. The summed E-state index contributed by atoms with van der Waals surface area (Å²) in [4.78, 5) is 10.5. The van der Waals surface area contributed by atoms with Gasteiger partial charge in [-0.15, -0.1) is 0 Å². The van der Waals surface area contributed by atoms with Gasteiger partial charge in [0.15, 0.2) is 6.10 Å². The molecule has 0 amide bonds. The molecule has 13 heavy (non-hydrogen) atoms. The zero-order chi connectivity index (χ0) is 9.84. The van der Waals surface area contributed by atoms with E-state index in [0.29, 0.717) is 5.92 Å². The molecular formula is C9H17NO3. The quantitative estimate of drug-likeness (QED) is 0.590. The summed E-state index contributed by atoms with van der Waals surface area (Å²) < 4.78 is 0. The van der Waals surface area contributed by atoms with Gasteiger partial charge in [-0.25, -0.2) is 4.79 Å². The maximum atomic E-state index is 10.5. The van der Waals surface area contributed by atoms with Crippen LogP contribution in [0.25, 0.3) is 0 Å². The third kappa shape index (κ3) is 2.67. The minimum Gasteiger partial charge on any atom is -0.479 e. The van der Waals surface area contributed by atoms with Gasteiger partial charge in [-0.2, -0.15) is 0 Å². The number of carboxylic acids is 1. The second-order valence-electron chi connectivity index (χ2n) is 3.64. The maximum absolute atomic E-state index is 10.5. The van der Waals surface area contributed by atoms with E-state index >= 15 is 0 Å². The number of nitrogens with one attached hydrogen (secondary N) is 1. The Morgan fingerprint density at radius 2 is 2.38 bits per heavy atom. The summed E-state index contributed by atoms with van der Waals surface area (Å²) >= 11 is 0. The number of carbonyl (C=O) groups is 1. The summed E-state index contributed by atoms with van der Waals surface area (Å²) in [5.41, 5.74) is 0. The number of rotatable bonds is 3. The summed E-state index contributed by atoms with van der Waals surface area (Å²) in [6, 6.07) is -0.267. The maximum Gasteiger partial charge on any atom is 0.334 e. The van der Waals surface area contributed by atoms with Crippen molar-refractivity contribution >= 4 is 5.97 Å². The molecule has 1 aliphatic heterocycles. The highest BCUT2D eigenvalue weighted by Gasteiger charge is 2.30. The van der Waals surface area contributed by atoms with Gasteiger partial charge in [0, 0.05) is 6.04 Å². The van der Waals surface area contributed by atoms with Gasteiger partial charge in [0.1, 0.15) is 0 Å². The first-order chi connectivity index (χ1) is 6.15. The first kappa shape index (κ1) is 10.5. The fourth-order valence-corrected chi connectivity index (χ4v) is 1.82. The average Bonchev–Trinajstić information content (AvgIpc) is 2.16. The van der Waals surface area contributed by atoms with Crippen LogP contribution in [0.3, 0.4) is 0 Å². The third-order valence-electron chi connectivity index (χ3n) is 2.76. The Morgan fingerprint density at radius 1 is 1.69 bits per heavy atom. The molecular weight excluding hydrogens is 170 g/mol. The summed E-state index contributed by atoms with van der Waals surface area (Å²) in [5.74, 6) is -0.575. The Bertz CT molecular complexity index is 184. The third-order valence-corrected chi connectivity index (χ3v) is 2.76. The molecule has 1 fully saturated rings. The molecule has 3 atom stereocenters. The monoisotopic (exact) mass is 187 g/mol. The van der Waals surface area contributed by atoms with Crippen molar-refractivity contribution in [3.05, 3.63) is 0 Å². The predicted octanol–water partition coefficient (Wildman–Crippen LogP) is 0.210. The lowest BCUT2D eigenvalue weighted by molar-refractivity contribution is -0.148. The fraction of sp³-hybridized carbons (Fsp3) is 0.889. The van der Waals surface area contributed by atoms with Gasteiger partial charge in [-0.1, -0.05) is 13.3 Å². The lowest BCUT2D eigenvalue weighted by atomic mass is 9.88. The second-order valence-corrected chi connectivity index (χ2v) is 3.64. The summed E-state index contributed by atoms with van der Waals surface area (Å²) in [6.45, 7) is 2.91. The normalized spacial score (nSPS) is 31.2. The Kier molecular flexibility index (Phi) is 3.69. The van der Waals surface area contributed by atoms with E-state index in [0.717, 1.165) is 25.8 Å². The zero-order valence-electron chi connectivity index (χ0n) is 7.86. The average molecular weight is 187 g/mol. The van der Waals surface area contributed by atoms with Crippen molar-refractivity contribution in [2.45, 2.75) is 38.3 Å². The van der Waals surface area contributed by atoms with E-state index in [9.17, 15) is 9.90 Å². The minimum absolute atomic E-state index is 0.267. The molecule has 1 heterocycles. The molecule has 0 aromatic heterocycles. The van der Waals surface area contributed by atoms with E-state index in [1.165, 1.54) is 0 Å². The molecule has 1 aliphatic rings. The Morgan fingerprint density at radius 3 is 2.92 bits per heavy atom. The van der Waals surface area contributed by atoms with Crippen LogP contribution in [0.15, 0.2) is 0 Å². The van der Waals surface area contributed by atoms with Crippen molar-refractivity contribution in [1.82, 2.24) is 5.32 Å². The molecule has 0 aromatic rings. The largest absolute Gasteiger partial charge is 0.479 e. The molecule has 4 nitrogen and oxygen atoms in total. The van der Waals surface area contributed by atoms with Gasteiger partial charge in [0.25, 0.3) is 0 Å². The Hall–Kier alpha value is -0.610. The number of aliphatic hydroxyl groups excluding tert-OH is 1. The molecule has 0 radical (unpaired) electrons. The summed E-state index contributed by atoms with van der Waals surface area (Å²) in [6.07, 6.45) is 1.66. The van der Waals surface area contributed by atoms with Crippen LogP contribution >= 0.6 is 0 Å². The lowest BCUT2D eigenvalue weighted by Crippen LogP contribution is -2.48. The summed E-state index contributed by atoms with van der Waals surface area (Å²) in [7, 11) is 0. The van der Waals surface area contributed by atoms with Crippen LogP contribution in [0.2, 0.25) is 0 Å². The number of hydrogen-bond acceptors (Lipinski definition) is 3. The molecule has 0 saturated carbocycles. The number of carboxylic acid groups (broad SMARTS) is 1. The van der Waals surface area contributed by atoms with E-state index < -0.39 is 12.1 Å². The van der Waals surface area contributed by atoms with Crippen molar-refractivity contribution in [1.29, 1.82) is 0 Å². The Labute approximate surface area is 78.0 Å². The van der Waals surface area contributed by atoms with Crippen LogP contribution in [0.4, 0.5) is 0 Å². The zero-order valence-corrected chi connectivity index (χ0v) is 7.86. The molecule has 0 aliphatic carbocycles. The fourth-order valence-electron chi connectivity index (χ4n) is 1.82. The first-order valence-corrected chi connectivity index (χ1v) is 4.79. The van der Waals surface area contributed by atoms with Crippen molar-refractivity contribution in [2.75, 3.05) is 6.54 Å². The van der Waals surface area contributed by atoms with Crippen molar-refractivity contribution in [3.63, 3.8) is 0 Å².